The van der Waals surface area contributed by atoms with Crippen LogP contribution in [-0.2, 0) is 11.3 Å². The molecule has 3 aliphatic rings. The maximum absolute atomic E-state index is 12.1. The summed E-state index contributed by atoms with van der Waals surface area (Å²) in [5, 5.41) is 14.7. The predicted molar refractivity (Wildman–Crippen MR) is 88.4 cm³/mol. The van der Waals surface area contributed by atoms with E-state index in [2.05, 4.69) is 5.32 Å². The maximum atomic E-state index is 12.1. The summed E-state index contributed by atoms with van der Waals surface area (Å²) >= 11 is 0. The minimum absolute atomic E-state index is 0.0399. The zero-order chi connectivity index (χ0) is 17.4. The molecule has 1 amide bonds. The zero-order valence-electron chi connectivity index (χ0n) is 13.9. The van der Waals surface area contributed by atoms with Crippen molar-refractivity contribution in [1.29, 1.82) is 0 Å². The molecule has 4 rings (SSSR count). The SMILES string of the molecule is O=C(C1CC1)N1CCC(NCc2cc3c(cc2[N+](=O)[O-])OCO3)CC1. The highest BCUT2D eigenvalue weighted by molar-refractivity contribution is 5.81. The molecule has 134 valence electrons. The van der Waals surface area contributed by atoms with Crippen molar-refractivity contribution in [2.45, 2.75) is 38.3 Å². The topological polar surface area (TPSA) is 93.9 Å². The van der Waals surface area contributed by atoms with Crippen LogP contribution in [0.3, 0.4) is 0 Å². The number of carbonyl (C=O) groups excluding carboxylic acids is 1. The minimum Gasteiger partial charge on any atom is -0.454 e. The van der Waals surface area contributed by atoms with Crippen LogP contribution in [0.2, 0.25) is 0 Å². The highest BCUT2D eigenvalue weighted by Gasteiger charge is 2.35. The Labute approximate surface area is 145 Å². The number of nitro benzene ring substituents is 1. The monoisotopic (exact) mass is 347 g/mol. The lowest BCUT2D eigenvalue weighted by Crippen LogP contribution is -2.45. The Kier molecular flexibility index (Phi) is 4.20. The molecule has 2 heterocycles. The average molecular weight is 347 g/mol. The Morgan fingerprint density at radius 1 is 1.20 bits per heavy atom. The maximum Gasteiger partial charge on any atom is 0.277 e. The molecule has 0 radical (unpaired) electrons. The number of nitrogens with one attached hydrogen (secondary N) is 1. The van der Waals surface area contributed by atoms with Crippen molar-refractivity contribution in [3.8, 4) is 11.5 Å². The van der Waals surface area contributed by atoms with E-state index >= 15 is 0 Å². The van der Waals surface area contributed by atoms with Gasteiger partial charge in [0.1, 0.15) is 0 Å². The van der Waals surface area contributed by atoms with Gasteiger partial charge in [0.2, 0.25) is 12.7 Å². The molecule has 1 aromatic rings. The summed E-state index contributed by atoms with van der Waals surface area (Å²) in [5.41, 5.74) is 0.629. The van der Waals surface area contributed by atoms with E-state index < -0.39 is 4.92 Å². The smallest absolute Gasteiger partial charge is 0.277 e. The van der Waals surface area contributed by atoms with Gasteiger partial charge >= 0.3 is 0 Å². The molecule has 1 N–H and O–H groups in total. The second kappa shape index (κ2) is 6.51. The van der Waals surface area contributed by atoms with Crippen LogP contribution in [0.5, 0.6) is 11.5 Å². The zero-order valence-corrected chi connectivity index (χ0v) is 13.9. The number of hydrogen-bond acceptors (Lipinski definition) is 6. The van der Waals surface area contributed by atoms with E-state index in [1.54, 1.807) is 6.07 Å². The summed E-state index contributed by atoms with van der Waals surface area (Å²) < 4.78 is 10.5. The molecule has 25 heavy (non-hydrogen) atoms. The van der Waals surface area contributed by atoms with Crippen molar-refractivity contribution in [1.82, 2.24) is 10.2 Å². The van der Waals surface area contributed by atoms with Crippen LogP contribution in [-0.4, -0.2) is 41.7 Å². The first-order chi connectivity index (χ1) is 12.1. The Balaban J connectivity index is 1.35. The molecule has 1 aromatic carbocycles. The van der Waals surface area contributed by atoms with E-state index in [-0.39, 0.29) is 24.4 Å². The number of amides is 1. The van der Waals surface area contributed by atoms with Gasteiger partial charge in [0.15, 0.2) is 11.5 Å². The fourth-order valence-electron chi connectivity index (χ4n) is 3.43. The third-order valence-corrected chi connectivity index (χ3v) is 5.08. The molecular formula is C17H21N3O5. The van der Waals surface area contributed by atoms with Gasteiger partial charge < -0.3 is 19.7 Å². The molecule has 8 heteroatoms. The Hall–Kier alpha value is -2.35. The van der Waals surface area contributed by atoms with Crippen LogP contribution in [0.1, 0.15) is 31.2 Å². The highest BCUT2D eigenvalue weighted by atomic mass is 16.7. The second-order valence-electron chi connectivity index (χ2n) is 6.85. The Morgan fingerprint density at radius 2 is 1.88 bits per heavy atom. The standard InChI is InChI=1S/C17H21N3O5/c21-17(11-1-2-11)19-5-3-13(4-6-19)18-9-12-7-15-16(25-10-24-15)8-14(12)20(22)23/h7-8,11,13,18H,1-6,9-10H2. The summed E-state index contributed by atoms with van der Waals surface area (Å²) in [7, 11) is 0. The number of piperidine rings is 1. The van der Waals surface area contributed by atoms with E-state index in [0.29, 0.717) is 29.5 Å². The number of hydrogen-bond donors (Lipinski definition) is 1. The summed E-state index contributed by atoms with van der Waals surface area (Å²) in [4.78, 5) is 24.9. The summed E-state index contributed by atoms with van der Waals surface area (Å²) in [5.74, 6) is 1.53. The number of benzene rings is 1. The lowest BCUT2D eigenvalue weighted by molar-refractivity contribution is -0.385. The lowest BCUT2D eigenvalue weighted by Gasteiger charge is -2.32. The summed E-state index contributed by atoms with van der Waals surface area (Å²) in [6.45, 7) is 2.01. The van der Waals surface area contributed by atoms with Crippen molar-refractivity contribution >= 4 is 11.6 Å². The highest BCUT2D eigenvalue weighted by Crippen LogP contribution is 2.38. The van der Waals surface area contributed by atoms with Gasteiger partial charge in [-0.2, -0.15) is 0 Å². The van der Waals surface area contributed by atoms with Gasteiger partial charge in [-0.3, -0.25) is 14.9 Å². The number of fused-ring (bicyclic) bond motifs is 1. The predicted octanol–water partition coefficient (Wildman–Crippen LogP) is 1.81. The molecule has 2 fully saturated rings. The molecule has 1 aliphatic carbocycles. The number of rotatable bonds is 5. The number of likely N-dealkylation sites (tertiary alicyclic amines) is 1. The van der Waals surface area contributed by atoms with Crippen molar-refractivity contribution in [3.63, 3.8) is 0 Å². The normalized spacial score (nSPS) is 19.9. The van der Waals surface area contributed by atoms with E-state index in [4.69, 9.17) is 9.47 Å². The van der Waals surface area contributed by atoms with Gasteiger partial charge in [0.05, 0.1) is 11.0 Å². The van der Waals surface area contributed by atoms with Gasteiger partial charge in [0, 0.05) is 37.2 Å². The molecule has 1 saturated heterocycles. The molecule has 0 aromatic heterocycles. The van der Waals surface area contributed by atoms with Crippen LogP contribution in [0.25, 0.3) is 0 Å². The van der Waals surface area contributed by atoms with Crippen LogP contribution in [0.4, 0.5) is 5.69 Å². The van der Waals surface area contributed by atoms with E-state index in [1.165, 1.54) is 6.07 Å². The molecule has 0 spiro atoms. The molecule has 2 aliphatic heterocycles. The van der Waals surface area contributed by atoms with Gasteiger partial charge in [-0.15, -0.1) is 0 Å². The van der Waals surface area contributed by atoms with Gasteiger partial charge in [-0.05, 0) is 31.7 Å². The molecule has 0 bridgehead atoms. The van der Waals surface area contributed by atoms with Crippen molar-refractivity contribution in [2.75, 3.05) is 19.9 Å². The lowest BCUT2D eigenvalue weighted by atomic mass is 10.0. The van der Waals surface area contributed by atoms with Crippen molar-refractivity contribution < 1.29 is 19.2 Å². The fourth-order valence-corrected chi connectivity index (χ4v) is 3.43. The van der Waals surface area contributed by atoms with E-state index in [9.17, 15) is 14.9 Å². The molecule has 0 atom stereocenters. The first kappa shape index (κ1) is 16.1. The van der Waals surface area contributed by atoms with Crippen molar-refractivity contribution in [2.24, 2.45) is 5.92 Å². The van der Waals surface area contributed by atoms with E-state index in [1.807, 2.05) is 4.90 Å². The summed E-state index contributed by atoms with van der Waals surface area (Å²) in [6.07, 6.45) is 3.81. The molecule has 0 unspecified atom stereocenters. The van der Waals surface area contributed by atoms with Crippen molar-refractivity contribution in [3.05, 3.63) is 27.8 Å². The largest absolute Gasteiger partial charge is 0.454 e. The van der Waals surface area contributed by atoms with Gasteiger partial charge in [-0.25, -0.2) is 0 Å². The number of carbonyl (C=O) groups is 1. The second-order valence-corrected chi connectivity index (χ2v) is 6.85. The third kappa shape index (κ3) is 3.39. The van der Waals surface area contributed by atoms with Crippen LogP contribution in [0.15, 0.2) is 12.1 Å². The van der Waals surface area contributed by atoms with Crippen LogP contribution in [0, 0.1) is 16.0 Å². The molecule has 8 nitrogen and oxygen atoms in total. The average Bonchev–Trinajstić information content (AvgIpc) is 3.37. The van der Waals surface area contributed by atoms with E-state index in [0.717, 1.165) is 38.8 Å². The fraction of sp³-hybridized carbons (Fsp3) is 0.588. The number of nitrogens with zero attached hydrogens (tertiary/aromatic N) is 2. The van der Waals surface area contributed by atoms with Gasteiger partial charge in [0.25, 0.3) is 5.69 Å². The third-order valence-electron chi connectivity index (χ3n) is 5.08. The Morgan fingerprint density at radius 3 is 2.52 bits per heavy atom. The van der Waals surface area contributed by atoms with Crippen LogP contribution >= 0.6 is 0 Å². The summed E-state index contributed by atoms with van der Waals surface area (Å²) in [6, 6.07) is 3.36. The quantitative estimate of drug-likeness (QED) is 0.645. The number of ether oxygens (including phenoxy) is 2. The first-order valence-corrected chi connectivity index (χ1v) is 8.71. The molecular weight excluding hydrogens is 326 g/mol. The first-order valence-electron chi connectivity index (χ1n) is 8.71. The van der Waals surface area contributed by atoms with Crippen LogP contribution < -0.4 is 14.8 Å². The molecule has 1 saturated carbocycles. The number of nitro groups is 1. The van der Waals surface area contributed by atoms with Gasteiger partial charge in [-0.1, -0.05) is 0 Å². The minimum atomic E-state index is -0.393. The Bertz CT molecular complexity index is 696.